The van der Waals surface area contributed by atoms with Gasteiger partial charge in [-0.05, 0) is 26.2 Å². The molecule has 1 fully saturated rings. The molecule has 0 amide bonds. The van der Waals surface area contributed by atoms with E-state index in [9.17, 15) is 8.42 Å². The standard InChI is InChI=1S/C8H13NO2S/c1-3-7-12(10,11)9-8(2)5-4-6-8/h1,9H,4-7H2,2H3. The molecule has 0 unspecified atom stereocenters. The monoisotopic (exact) mass is 187 g/mol. The number of hydrogen-bond donors (Lipinski definition) is 1. The van der Waals surface area contributed by atoms with Crippen molar-refractivity contribution in [1.29, 1.82) is 0 Å². The van der Waals surface area contributed by atoms with Crippen molar-refractivity contribution in [3.05, 3.63) is 0 Å². The highest BCUT2D eigenvalue weighted by atomic mass is 32.2. The third-order valence-electron chi connectivity index (χ3n) is 2.13. The third-order valence-corrected chi connectivity index (χ3v) is 3.48. The van der Waals surface area contributed by atoms with Gasteiger partial charge in [-0.3, -0.25) is 0 Å². The summed E-state index contributed by atoms with van der Waals surface area (Å²) in [5, 5.41) is 0. The average Bonchev–Trinajstić information content (AvgIpc) is 1.83. The maximum Gasteiger partial charge on any atom is 0.223 e. The predicted molar refractivity (Wildman–Crippen MR) is 48.0 cm³/mol. The number of rotatable bonds is 3. The first-order chi connectivity index (χ1) is 5.47. The lowest BCUT2D eigenvalue weighted by Crippen LogP contribution is -2.51. The molecule has 4 heteroatoms. The Hall–Kier alpha value is -0.530. The zero-order chi connectivity index (χ0) is 9.24. The molecule has 0 aromatic rings. The average molecular weight is 187 g/mol. The fraction of sp³-hybridized carbons (Fsp3) is 0.750. The summed E-state index contributed by atoms with van der Waals surface area (Å²) >= 11 is 0. The summed E-state index contributed by atoms with van der Waals surface area (Å²) < 4.78 is 25.0. The van der Waals surface area contributed by atoms with Gasteiger partial charge in [-0.2, -0.15) is 0 Å². The highest BCUT2D eigenvalue weighted by Crippen LogP contribution is 2.31. The van der Waals surface area contributed by atoms with Crippen molar-refractivity contribution in [2.45, 2.75) is 31.7 Å². The maximum atomic E-state index is 11.2. The van der Waals surface area contributed by atoms with Gasteiger partial charge in [0, 0.05) is 5.54 Å². The molecule has 1 aliphatic rings. The van der Waals surface area contributed by atoms with E-state index in [1.165, 1.54) is 0 Å². The Morgan fingerprint density at radius 2 is 2.17 bits per heavy atom. The lowest BCUT2D eigenvalue weighted by molar-refractivity contribution is 0.248. The Kier molecular flexibility index (Phi) is 2.45. The van der Waals surface area contributed by atoms with Gasteiger partial charge >= 0.3 is 0 Å². The number of hydrogen-bond acceptors (Lipinski definition) is 2. The smallest absolute Gasteiger partial charge is 0.211 e. The molecule has 1 rings (SSSR count). The van der Waals surface area contributed by atoms with E-state index < -0.39 is 10.0 Å². The minimum atomic E-state index is -3.24. The van der Waals surface area contributed by atoms with Crippen LogP contribution in [0, 0.1) is 12.3 Å². The highest BCUT2D eigenvalue weighted by Gasteiger charge is 2.35. The molecule has 0 aromatic carbocycles. The summed E-state index contributed by atoms with van der Waals surface area (Å²) in [6.07, 6.45) is 7.84. The van der Waals surface area contributed by atoms with Gasteiger partial charge in [0.25, 0.3) is 0 Å². The van der Waals surface area contributed by atoms with Gasteiger partial charge in [0.1, 0.15) is 5.75 Å². The predicted octanol–water partition coefficient (Wildman–Crippen LogP) is 0.482. The summed E-state index contributed by atoms with van der Waals surface area (Å²) in [5.74, 6) is 1.91. The molecule has 1 aliphatic carbocycles. The van der Waals surface area contributed by atoms with Crippen molar-refractivity contribution in [1.82, 2.24) is 4.72 Å². The van der Waals surface area contributed by atoms with Gasteiger partial charge in [-0.1, -0.05) is 5.92 Å². The minimum absolute atomic E-state index is 0.220. The maximum absolute atomic E-state index is 11.2. The van der Waals surface area contributed by atoms with E-state index in [4.69, 9.17) is 6.42 Å². The summed E-state index contributed by atoms with van der Waals surface area (Å²) in [7, 11) is -3.24. The van der Waals surface area contributed by atoms with Crippen LogP contribution in [0.25, 0.3) is 0 Å². The van der Waals surface area contributed by atoms with Gasteiger partial charge in [-0.25, -0.2) is 13.1 Å². The number of terminal acetylenes is 1. The van der Waals surface area contributed by atoms with Crippen LogP contribution in [0.1, 0.15) is 26.2 Å². The number of sulfonamides is 1. The van der Waals surface area contributed by atoms with E-state index in [0.717, 1.165) is 19.3 Å². The summed E-state index contributed by atoms with van der Waals surface area (Å²) in [6, 6.07) is 0. The van der Waals surface area contributed by atoms with Crippen molar-refractivity contribution in [2.75, 3.05) is 5.75 Å². The Labute approximate surface area is 73.6 Å². The molecule has 1 N–H and O–H groups in total. The molecule has 0 aliphatic heterocycles. The van der Waals surface area contributed by atoms with Crippen LogP contribution in [-0.2, 0) is 10.0 Å². The van der Waals surface area contributed by atoms with Gasteiger partial charge in [0.05, 0.1) is 0 Å². The zero-order valence-corrected chi connectivity index (χ0v) is 7.95. The van der Waals surface area contributed by atoms with Crippen LogP contribution >= 0.6 is 0 Å². The van der Waals surface area contributed by atoms with Gasteiger partial charge < -0.3 is 0 Å². The van der Waals surface area contributed by atoms with E-state index in [1.807, 2.05) is 6.92 Å². The molecule has 0 radical (unpaired) electrons. The van der Waals surface area contributed by atoms with Crippen LogP contribution in [-0.4, -0.2) is 19.7 Å². The largest absolute Gasteiger partial charge is 0.223 e. The van der Waals surface area contributed by atoms with E-state index >= 15 is 0 Å². The van der Waals surface area contributed by atoms with Crippen molar-refractivity contribution in [2.24, 2.45) is 0 Å². The quantitative estimate of drug-likeness (QED) is 0.653. The van der Waals surface area contributed by atoms with Crippen LogP contribution in [0.4, 0.5) is 0 Å². The first-order valence-corrected chi connectivity index (χ1v) is 5.58. The molecule has 0 atom stereocenters. The van der Waals surface area contributed by atoms with Crippen LogP contribution in [0.2, 0.25) is 0 Å². The topological polar surface area (TPSA) is 46.2 Å². The molecule has 68 valence electrons. The van der Waals surface area contributed by atoms with E-state index in [2.05, 4.69) is 10.6 Å². The van der Waals surface area contributed by atoms with E-state index in [0.29, 0.717) is 0 Å². The Morgan fingerprint density at radius 3 is 2.50 bits per heavy atom. The van der Waals surface area contributed by atoms with Crippen LogP contribution in [0.5, 0.6) is 0 Å². The minimum Gasteiger partial charge on any atom is -0.211 e. The van der Waals surface area contributed by atoms with Gasteiger partial charge in [0.2, 0.25) is 10.0 Å². The lowest BCUT2D eigenvalue weighted by Gasteiger charge is -2.38. The third kappa shape index (κ3) is 2.23. The summed E-state index contributed by atoms with van der Waals surface area (Å²) in [5.41, 5.74) is -0.227. The fourth-order valence-electron chi connectivity index (χ4n) is 1.33. The molecule has 0 bridgehead atoms. The zero-order valence-electron chi connectivity index (χ0n) is 7.13. The van der Waals surface area contributed by atoms with Crippen molar-refractivity contribution >= 4 is 10.0 Å². The second kappa shape index (κ2) is 3.08. The number of nitrogens with one attached hydrogen (secondary N) is 1. The Balaban J connectivity index is 2.56. The van der Waals surface area contributed by atoms with Crippen LogP contribution < -0.4 is 4.72 Å². The SMILES string of the molecule is C#CCS(=O)(=O)NC1(C)CCC1. The van der Waals surface area contributed by atoms with Crippen LogP contribution in [0.15, 0.2) is 0 Å². The second-order valence-corrected chi connectivity index (χ2v) is 5.20. The summed E-state index contributed by atoms with van der Waals surface area (Å²) in [4.78, 5) is 0. The molecule has 3 nitrogen and oxygen atoms in total. The highest BCUT2D eigenvalue weighted by molar-refractivity contribution is 7.89. The Bertz CT molecular complexity index is 296. The van der Waals surface area contributed by atoms with E-state index in [1.54, 1.807) is 0 Å². The molecule has 12 heavy (non-hydrogen) atoms. The molecule has 0 spiro atoms. The summed E-state index contributed by atoms with van der Waals surface area (Å²) in [6.45, 7) is 1.91. The van der Waals surface area contributed by atoms with Gasteiger partial charge in [-0.15, -0.1) is 6.42 Å². The molecular formula is C8H13NO2S. The first-order valence-electron chi connectivity index (χ1n) is 3.93. The lowest BCUT2D eigenvalue weighted by atomic mass is 9.80. The van der Waals surface area contributed by atoms with Crippen LogP contribution in [0.3, 0.4) is 0 Å². The molecule has 0 heterocycles. The Morgan fingerprint density at radius 1 is 1.58 bits per heavy atom. The second-order valence-electron chi connectivity index (χ2n) is 3.48. The normalized spacial score (nSPS) is 21.0. The molecule has 1 saturated carbocycles. The molecular weight excluding hydrogens is 174 g/mol. The molecule has 0 saturated heterocycles. The van der Waals surface area contributed by atoms with Crippen molar-refractivity contribution in [3.8, 4) is 12.3 Å². The van der Waals surface area contributed by atoms with Crippen molar-refractivity contribution in [3.63, 3.8) is 0 Å². The molecule has 0 aromatic heterocycles. The van der Waals surface area contributed by atoms with E-state index in [-0.39, 0.29) is 11.3 Å². The van der Waals surface area contributed by atoms with Crippen molar-refractivity contribution < 1.29 is 8.42 Å². The van der Waals surface area contributed by atoms with Gasteiger partial charge in [0.15, 0.2) is 0 Å². The fourth-order valence-corrected chi connectivity index (χ4v) is 2.58. The first kappa shape index (κ1) is 9.56.